The molecule has 2 aromatic heterocycles. The highest BCUT2D eigenvalue weighted by molar-refractivity contribution is 8.02. The van der Waals surface area contributed by atoms with E-state index < -0.39 is 0 Å². The molecular formula is C13H16AlN3S. The summed E-state index contributed by atoms with van der Waals surface area (Å²) in [6, 6.07) is 0. The summed E-state index contributed by atoms with van der Waals surface area (Å²) < 4.78 is 0.293. The van der Waals surface area contributed by atoms with E-state index in [0.717, 1.165) is 11.0 Å². The number of aromatic nitrogens is 3. The Morgan fingerprint density at radius 2 is 2.00 bits per heavy atom. The lowest BCUT2D eigenvalue weighted by molar-refractivity contribution is 0.664. The Kier molecular flexibility index (Phi) is 3.65. The van der Waals surface area contributed by atoms with Crippen LogP contribution in [0.4, 0.5) is 0 Å². The van der Waals surface area contributed by atoms with Gasteiger partial charge in [0.25, 0.3) is 0 Å². The molecule has 0 amide bonds. The Morgan fingerprint density at radius 1 is 1.22 bits per heavy atom. The van der Waals surface area contributed by atoms with E-state index in [0.29, 0.717) is 3.61 Å². The first kappa shape index (κ1) is 12.5. The summed E-state index contributed by atoms with van der Waals surface area (Å²) in [5.41, 5.74) is 0.940. The number of aromatic amines is 1. The minimum absolute atomic E-state index is 0.293. The summed E-state index contributed by atoms with van der Waals surface area (Å²) in [4.78, 5) is 12.9. The average molecular weight is 273 g/mol. The van der Waals surface area contributed by atoms with Gasteiger partial charge < -0.3 is 4.98 Å². The fourth-order valence-corrected chi connectivity index (χ4v) is 4.67. The van der Waals surface area contributed by atoms with E-state index in [9.17, 15) is 0 Å². The highest BCUT2D eigenvalue weighted by Crippen LogP contribution is 2.42. The zero-order valence-electron chi connectivity index (χ0n) is 10.4. The molecule has 3 rings (SSSR count). The van der Waals surface area contributed by atoms with Gasteiger partial charge in [-0.1, -0.05) is 42.1 Å². The molecule has 2 aromatic rings. The van der Waals surface area contributed by atoms with E-state index in [1.807, 2.05) is 18.0 Å². The number of nitrogens with one attached hydrogen (secondary N) is 1. The third-order valence-corrected chi connectivity index (χ3v) is 5.88. The maximum Gasteiger partial charge on any atom is 0.148 e. The van der Waals surface area contributed by atoms with Crippen LogP contribution in [0, 0.1) is 0 Å². The summed E-state index contributed by atoms with van der Waals surface area (Å²) in [5, 5.41) is 1.15. The Balaban J connectivity index is 1.86. The topological polar surface area (TPSA) is 41.6 Å². The summed E-state index contributed by atoms with van der Waals surface area (Å²) in [7, 11) is 0. The fraction of sp³-hybridized carbons (Fsp3) is 0.538. The molecule has 5 heteroatoms. The molecule has 1 saturated carbocycles. The van der Waals surface area contributed by atoms with Crippen LogP contribution < -0.4 is 0 Å². The second kappa shape index (κ2) is 5.24. The van der Waals surface area contributed by atoms with Crippen molar-refractivity contribution in [3.63, 3.8) is 0 Å². The second-order valence-corrected chi connectivity index (χ2v) is 8.00. The van der Waals surface area contributed by atoms with Crippen LogP contribution in [0.1, 0.15) is 38.5 Å². The Morgan fingerprint density at radius 3 is 2.78 bits per heavy atom. The van der Waals surface area contributed by atoms with Crippen LogP contribution in [0.15, 0.2) is 23.6 Å². The minimum Gasteiger partial charge on any atom is -0.345 e. The third-order valence-electron chi connectivity index (χ3n) is 3.58. The maximum absolute atomic E-state index is 4.25. The summed E-state index contributed by atoms with van der Waals surface area (Å²) >= 11 is 5.07. The molecule has 92 valence electrons. The molecule has 3 nitrogen and oxygen atoms in total. The van der Waals surface area contributed by atoms with Gasteiger partial charge in [-0.05, 0) is 0 Å². The molecule has 1 aliphatic rings. The van der Waals surface area contributed by atoms with Gasteiger partial charge in [0.2, 0.25) is 0 Å². The number of fused-ring (bicyclic) bond motifs is 1. The lowest BCUT2D eigenvalue weighted by Crippen LogP contribution is -2.23. The van der Waals surface area contributed by atoms with Crippen LogP contribution >= 0.6 is 11.8 Å². The van der Waals surface area contributed by atoms with Gasteiger partial charge in [0.05, 0.1) is 5.39 Å². The van der Waals surface area contributed by atoms with Gasteiger partial charge in [-0.3, -0.25) is 0 Å². The number of thioether (sulfide) groups is 1. The number of hydrogen-bond donors (Lipinski definition) is 1. The van der Waals surface area contributed by atoms with Crippen molar-refractivity contribution in [3.05, 3.63) is 18.7 Å². The van der Waals surface area contributed by atoms with Crippen molar-refractivity contribution in [3.8, 4) is 0 Å². The van der Waals surface area contributed by atoms with Crippen molar-refractivity contribution < 1.29 is 0 Å². The molecule has 0 bridgehead atoms. The molecule has 1 aliphatic carbocycles. The van der Waals surface area contributed by atoms with E-state index in [4.69, 9.17) is 0 Å². The van der Waals surface area contributed by atoms with Gasteiger partial charge in [0, 0.05) is 17.3 Å². The monoisotopic (exact) mass is 273 g/mol. The lowest BCUT2D eigenvalue weighted by atomic mass is 10.2. The van der Waals surface area contributed by atoms with Crippen molar-refractivity contribution in [2.24, 2.45) is 0 Å². The van der Waals surface area contributed by atoms with Crippen LogP contribution in [0.2, 0.25) is 0 Å². The number of nitrogens with zero attached hydrogens (tertiary/aromatic N) is 2. The first-order chi connectivity index (χ1) is 8.77. The van der Waals surface area contributed by atoms with Crippen LogP contribution in [0.25, 0.3) is 11.0 Å². The standard InChI is InChI=1S/C13H16N3S.Al/c1-2-4-6-10(5-3-1)17-12-8-15-13-11(12)7-14-9-16-13;/h7-9H,1-6H2,(H,14,15,16);. The first-order valence-electron chi connectivity index (χ1n) is 6.52. The smallest absolute Gasteiger partial charge is 0.148 e. The summed E-state index contributed by atoms with van der Waals surface area (Å²) in [5.74, 6) is 0. The van der Waals surface area contributed by atoms with E-state index in [2.05, 4.69) is 37.4 Å². The molecule has 0 spiro atoms. The highest BCUT2D eigenvalue weighted by atomic mass is 32.2. The third kappa shape index (κ3) is 2.59. The van der Waals surface area contributed by atoms with Gasteiger partial charge in [-0.2, -0.15) is 0 Å². The van der Waals surface area contributed by atoms with Gasteiger partial charge in [0.15, 0.2) is 0 Å². The highest BCUT2D eigenvalue weighted by Gasteiger charge is 2.26. The zero-order valence-corrected chi connectivity index (χ0v) is 12.3. The molecule has 1 fully saturated rings. The second-order valence-electron chi connectivity index (χ2n) is 5.02. The van der Waals surface area contributed by atoms with Crippen LogP contribution in [-0.2, 0) is 0 Å². The van der Waals surface area contributed by atoms with E-state index in [-0.39, 0.29) is 0 Å². The van der Waals surface area contributed by atoms with Crippen molar-refractivity contribution in [2.75, 3.05) is 0 Å². The van der Waals surface area contributed by atoms with Crippen molar-refractivity contribution >= 4 is 39.1 Å². The van der Waals surface area contributed by atoms with Crippen LogP contribution in [0.3, 0.4) is 0 Å². The Labute approximate surface area is 120 Å². The normalized spacial score (nSPS) is 19.8. The first-order valence-corrected chi connectivity index (χ1v) is 7.91. The number of rotatable bonds is 2. The molecule has 2 heterocycles. The van der Waals surface area contributed by atoms with Gasteiger partial charge in [-0.25, -0.2) is 9.97 Å². The summed E-state index contributed by atoms with van der Waals surface area (Å²) in [6.45, 7) is 0. The Bertz CT molecular complexity index is 532. The van der Waals surface area contributed by atoms with E-state index in [1.54, 1.807) is 6.33 Å². The zero-order chi connectivity index (χ0) is 12.4. The molecular weight excluding hydrogens is 257 g/mol. The molecule has 0 aliphatic heterocycles. The Hall–Kier alpha value is -0.498. The molecule has 1 N–H and O–H groups in total. The van der Waals surface area contributed by atoms with Gasteiger partial charge in [-0.15, -0.1) is 11.8 Å². The van der Waals surface area contributed by atoms with Gasteiger partial charge >= 0.3 is 0 Å². The maximum atomic E-state index is 4.25. The molecule has 18 heavy (non-hydrogen) atoms. The largest absolute Gasteiger partial charge is 0.345 e. The van der Waals surface area contributed by atoms with Crippen LogP contribution in [0.5, 0.6) is 0 Å². The molecule has 0 aromatic carbocycles. The minimum atomic E-state index is 0.293. The van der Waals surface area contributed by atoms with E-state index in [1.165, 1.54) is 43.4 Å². The van der Waals surface area contributed by atoms with Crippen molar-refractivity contribution in [2.45, 2.75) is 47.0 Å². The molecule has 2 radical (unpaired) electrons. The average Bonchev–Trinajstić information content (AvgIpc) is 2.64. The SMILES string of the molecule is [Al][C]1(Sc2c[nH]c3ncncc23)CCCCCC1. The number of hydrogen-bond acceptors (Lipinski definition) is 3. The van der Waals surface area contributed by atoms with Crippen LogP contribution in [-0.4, -0.2) is 34.9 Å². The predicted molar refractivity (Wildman–Crippen MR) is 75.9 cm³/mol. The number of H-pyrrole nitrogens is 1. The quantitative estimate of drug-likeness (QED) is 0.674. The van der Waals surface area contributed by atoms with E-state index >= 15 is 0 Å². The lowest BCUT2D eigenvalue weighted by Gasteiger charge is -2.28. The molecule has 0 atom stereocenters. The predicted octanol–water partition coefficient (Wildman–Crippen LogP) is 3.27. The molecule has 0 saturated heterocycles. The van der Waals surface area contributed by atoms with Crippen molar-refractivity contribution in [1.29, 1.82) is 0 Å². The summed E-state index contributed by atoms with van der Waals surface area (Å²) in [6.07, 6.45) is 13.6. The molecule has 0 unspecified atom stereocenters. The fourth-order valence-electron chi connectivity index (χ4n) is 2.57. The van der Waals surface area contributed by atoms with Crippen molar-refractivity contribution in [1.82, 2.24) is 15.0 Å². The van der Waals surface area contributed by atoms with Gasteiger partial charge in [0.1, 0.15) is 28.3 Å².